The average Bonchev–Trinajstić information content (AvgIpc) is 2.63. The maximum absolute atomic E-state index is 14.9. The summed E-state index contributed by atoms with van der Waals surface area (Å²) in [6.07, 6.45) is -3.02. The van der Waals surface area contributed by atoms with Gasteiger partial charge in [-0.2, -0.15) is 13.2 Å². The Kier molecular flexibility index (Phi) is 5.70. The molecule has 158 valence electrons. The van der Waals surface area contributed by atoms with Crippen molar-refractivity contribution in [3.05, 3.63) is 52.8 Å². The second kappa shape index (κ2) is 7.76. The van der Waals surface area contributed by atoms with E-state index >= 15 is 0 Å². The third kappa shape index (κ3) is 4.95. The Morgan fingerprint density at radius 3 is 2.45 bits per heavy atom. The van der Waals surface area contributed by atoms with Crippen LogP contribution in [0.15, 0.2) is 30.3 Å². The highest BCUT2D eigenvalue weighted by atomic mass is 19.4. The number of nitrogens with two attached hydrogens (primary N) is 1. The summed E-state index contributed by atoms with van der Waals surface area (Å²) >= 11 is 0. The lowest BCUT2D eigenvalue weighted by molar-refractivity contribution is -0.137. The molecule has 0 aliphatic carbocycles. The molecule has 0 aromatic heterocycles. The van der Waals surface area contributed by atoms with Gasteiger partial charge in [0, 0.05) is 19.6 Å². The standard InChI is InChI=1S/C22H27F4N3/c1-21(2,3)9-10-28-17-6-7-18(19(23)20(17)27)29-11-8-14-12-16(22(24,25)26)5-4-15(14)13-29/h4-7,12,28H,8-11,13,27H2,1-3H3. The van der Waals surface area contributed by atoms with E-state index in [2.05, 4.69) is 26.1 Å². The van der Waals surface area contributed by atoms with Crippen LogP contribution < -0.4 is 16.0 Å². The van der Waals surface area contributed by atoms with Gasteiger partial charge in [0.05, 0.1) is 22.6 Å². The lowest BCUT2D eigenvalue weighted by Crippen LogP contribution is -2.31. The summed E-state index contributed by atoms with van der Waals surface area (Å²) < 4.78 is 53.7. The predicted octanol–water partition coefficient (Wildman–Crippen LogP) is 5.84. The molecule has 0 saturated carbocycles. The first-order valence-corrected chi connectivity index (χ1v) is 9.71. The second-order valence-electron chi connectivity index (χ2n) is 8.75. The molecule has 3 nitrogen and oxygen atoms in total. The van der Waals surface area contributed by atoms with Gasteiger partial charge < -0.3 is 16.0 Å². The molecular formula is C22H27F4N3. The molecule has 1 aliphatic heterocycles. The number of nitrogens with one attached hydrogen (secondary N) is 1. The fraction of sp³-hybridized carbons (Fsp3) is 0.455. The molecule has 0 fully saturated rings. The molecule has 0 radical (unpaired) electrons. The normalized spacial score (nSPS) is 14.7. The van der Waals surface area contributed by atoms with E-state index < -0.39 is 17.6 Å². The Labute approximate surface area is 168 Å². The van der Waals surface area contributed by atoms with Gasteiger partial charge in [-0.25, -0.2) is 4.39 Å². The molecule has 7 heteroatoms. The summed E-state index contributed by atoms with van der Waals surface area (Å²) in [6.45, 7) is 7.86. The number of halogens is 4. The molecule has 3 N–H and O–H groups in total. The Bertz CT molecular complexity index is 885. The van der Waals surface area contributed by atoms with Crippen molar-refractivity contribution in [2.45, 2.75) is 46.3 Å². The molecule has 0 spiro atoms. The van der Waals surface area contributed by atoms with Crippen LogP contribution in [0.2, 0.25) is 0 Å². The lowest BCUT2D eigenvalue weighted by Gasteiger charge is -2.32. The van der Waals surface area contributed by atoms with Crippen molar-refractivity contribution >= 4 is 17.1 Å². The average molecular weight is 409 g/mol. The minimum atomic E-state index is -4.36. The van der Waals surface area contributed by atoms with E-state index in [0.29, 0.717) is 43.0 Å². The first-order valence-electron chi connectivity index (χ1n) is 9.71. The number of hydrogen-bond donors (Lipinski definition) is 2. The lowest BCUT2D eigenvalue weighted by atomic mass is 9.92. The fourth-order valence-electron chi connectivity index (χ4n) is 3.49. The minimum Gasteiger partial charge on any atom is -0.395 e. The number of nitrogens with zero attached hydrogens (tertiary/aromatic N) is 1. The molecule has 3 rings (SSSR count). The Morgan fingerprint density at radius 2 is 1.79 bits per heavy atom. The van der Waals surface area contributed by atoms with Gasteiger partial charge in [0.15, 0.2) is 5.82 Å². The number of hydrogen-bond acceptors (Lipinski definition) is 3. The zero-order chi connectivity index (χ0) is 21.4. The molecule has 0 amide bonds. The van der Waals surface area contributed by atoms with Crippen LogP contribution in [0.25, 0.3) is 0 Å². The molecule has 2 aromatic carbocycles. The summed E-state index contributed by atoms with van der Waals surface area (Å²) in [7, 11) is 0. The van der Waals surface area contributed by atoms with E-state index in [1.165, 1.54) is 12.1 Å². The molecule has 0 bridgehead atoms. The van der Waals surface area contributed by atoms with E-state index in [9.17, 15) is 17.6 Å². The number of benzene rings is 2. The van der Waals surface area contributed by atoms with E-state index in [1.54, 1.807) is 12.1 Å². The second-order valence-corrected chi connectivity index (χ2v) is 8.75. The smallest absolute Gasteiger partial charge is 0.395 e. The van der Waals surface area contributed by atoms with Crippen LogP contribution in [0, 0.1) is 11.2 Å². The third-order valence-electron chi connectivity index (χ3n) is 5.24. The number of nitrogen functional groups attached to an aromatic ring is 1. The first kappa shape index (κ1) is 21.3. The van der Waals surface area contributed by atoms with Gasteiger partial charge in [-0.1, -0.05) is 26.8 Å². The molecule has 0 saturated heterocycles. The number of alkyl halides is 3. The maximum Gasteiger partial charge on any atom is 0.416 e. The Balaban J connectivity index is 1.76. The molecule has 1 aliphatic rings. The summed E-state index contributed by atoms with van der Waals surface area (Å²) in [5.74, 6) is -0.499. The zero-order valence-corrected chi connectivity index (χ0v) is 17.0. The fourth-order valence-corrected chi connectivity index (χ4v) is 3.49. The quantitative estimate of drug-likeness (QED) is 0.493. The summed E-state index contributed by atoms with van der Waals surface area (Å²) in [5.41, 5.74) is 7.95. The highest BCUT2D eigenvalue weighted by Crippen LogP contribution is 2.35. The highest BCUT2D eigenvalue weighted by molar-refractivity contribution is 5.73. The van der Waals surface area contributed by atoms with Gasteiger partial charge in [-0.05, 0) is 53.6 Å². The van der Waals surface area contributed by atoms with Gasteiger partial charge in [0.2, 0.25) is 0 Å². The third-order valence-corrected chi connectivity index (χ3v) is 5.24. The van der Waals surface area contributed by atoms with Crippen LogP contribution in [0.3, 0.4) is 0 Å². The van der Waals surface area contributed by atoms with Gasteiger partial charge in [-0.3, -0.25) is 0 Å². The van der Waals surface area contributed by atoms with E-state index in [4.69, 9.17) is 5.73 Å². The van der Waals surface area contributed by atoms with Crippen molar-refractivity contribution < 1.29 is 17.6 Å². The highest BCUT2D eigenvalue weighted by Gasteiger charge is 2.32. The largest absolute Gasteiger partial charge is 0.416 e. The summed E-state index contributed by atoms with van der Waals surface area (Å²) in [5, 5.41) is 3.19. The van der Waals surface area contributed by atoms with Crippen molar-refractivity contribution in [1.82, 2.24) is 0 Å². The molecule has 1 heterocycles. The van der Waals surface area contributed by atoms with Gasteiger partial charge in [-0.15, -0.1) is 0 Å². The molecule has 0 unspecified atom stereocenters. The number of fused-ring (bicyclic) bond motifs is 1. The first-order chi connectivity index (χ1) is 13.5. The van der Waals surface area contributed by atoms with E-state index in [1.807, 2.05) is 4.90 Å². The Morgan fingerprint density at radius 1 is 1.07 bits per heavy atom. The molecular weight excluding hydrogens is 382 g/mol. The van der Waals surface area contributed by atoms with Crippen molar-refractivity contribution in [3.8, 4) is 0 Å². The number of anilines is 3. The topological polar surface area (TPSA) is 41.3 Å². The van der Waals surface area contributed by atoms with E-state index in [0.717, 1.165) is 18.1 Å². The van der Waals surface area contributed by atoms with Crippen molar-refractivity contribution in [2.75, 3.05) is 29.0 Å². The summed E-state index contributed by atoms with van der Waals surface area (Å²) in [4.78, 5) is 1.82. The SMILES string of the molecule is CC(C)(C)CCNc1ccc(N2CCc3cc(C(F)(F)F)ccc3C2)c(F)c1N. The van der Waals surface area contributed by atoms with Crippen molar-refractivity contribution in [3.63, 3.8) is 0 Å². The van der Waals surface area contributed by atoms with Crippen LogP contribution in [0.1, 0.15) is 43.9 Å². The summed E-state index contributed by atoms with van der Waals surface area (Å²) in [6, 6.07) is 7.20. The van der Waals surface area contributed by atoms with Gasteiger partial charge in [0.1, 0.15) is 0 Å². The van der Waals surface area contributed by atoms with Crippen LogP contribution in [-0.4, -0.2) is 13.1 Å². The predicted molar refractivity (Wildman–Crippen MR) is 110 cm³/mol. The monoisotopic (exact) mass is 409 g/mol. The van der Waals surface area contributed by atoms with Gasteiger partial charge in [0.25, 0.3) is 0 Å². The number of rotatable bonds is 4. The van der Waals surface area contributed by atoms with Crippen LogP contribution in [-0.2, 0) is 19.1 Å². The van der Waals surface area contributed by atoms with Crippen LogP contribution in [0.4, 0.5) is 34.6 Å². The maximum atomic E-state index is 14.9. The zero-order valence-electron chi connectivity index (χ0n) is 17.0. The molecule has 29 heavy (non-hydrogen) atoms. The Hall–Kier alpha value is -2.44. The molecule has 0 atom stereocenters. The molecule has 2 aromatic rings. The van der Waals surface area contributed by atoms with Crippen LogP contribution >= 0.6 is 0 Å². The van der Waals surface area contributed by atoms with Crippen molar-refractivity contribution in [2.24, 2.45) is 5.41 Å². The van der Waals surface area contributed by atoms with Crippen molar-refractivity contribution in [1.29, 1.82) is 0 Å². The minimum absolute atomic E-state index is 0.0645. The van der Waals surface area contributed by atoms with Crippen LogP contribution in [0.5, 0.6) is 0 Å². The van der Waals surface area contributed by atoms with E-state index in [-0.39, 0.29) is 11.1 Å². The van der Waals surface area contributed by atoms with Gasteiger partial charge >= 0.3 is 6.18 Å².